The lowest BCUT2D eigenvalue weighted by Crippen LogP contribution is -2.20. The van der Waals surface area contributed by atoms with E-state index in [2.05, 4.69) is 10.3 Å². The number of carbonyl (C=O) groups excluding carboxylic acids is 1. The van der Waals surface area contributed by atoms with E-state index in [-0.39, 0.29) is 12.3 Å². The molecule has 2 N–H and O–H groups in total. The molecule has 0 saturated carbocycles. The van der Waals surface area contributed by atoms with Gasteiger partial charge < -0.3 is 14.8 Å². The molecule has 0 spiro atoms. The van der Waals surface area contributed by atoms with Crippen LogP contribution in [-0.4, -0.2) is 22.0 Å². The maximum absolute atomic E-state index is 12.3. The molecule has 0 fully saturated rings. The molecule has 1 atom stereocenters. The third-order valence-electron chi connectivity index (χ3n) is 3.95. The van der Waals surface area contributed by atoms with Crippen molar-refractivity contribution in [3.05, 3.63) is 59.5 Å². The zero-order chi connectivity index (χ0) is 18.0. The van der Waals surface area contributed by atoms with Crippen LogP contribution in [0.2, 0.25) is 0 Å². The standard InChI is InChI=1S/C19H18N2O4/c1-11-3-5-13(6-4-11)15(19(23)24)10-18(22)21-14-7-8-16-17(9-14)25-12(2)20-16/h3-9,15H,10H2,1-2H3,(H,21,22)(H,23,24). The van der Waals surface area contributed by atoms with Crippen molar-refractivity contribution in [2.45, 2.75) is 26.2 Å². The van der Waals surface area contributed by atoms with Crippen LogP contribution in [0, 0.1) is 13.8 Å². The summed E-state index contributed by atoms with van der Waals surface area (Å²) in [6.45, 7) is 3.67. The second-order valence-electron chi connectivity index (χ2n) is 5.97. The Morgan fingerprint density at radius 1 is 1.16 bits per heavy atom. The summed E-state index contributed by atoms with van der Waals surface area (Å²) in [4.78, 5) is 28.0. The molecule has 0 aliphatic rings. The number of nitrogens with zero attached hydrogens (tertiary/aromatic N) is 1. The van der Waals surface area contributed by atoms with Crippen LogP contribution in [0.1, 0.15) is 29.4 Å². The van der Waals surface area contributed by atoms with Gasteiger partial charge in [-0.1, -0.05) is 29.8 Å². The fourth-order valence-electron chi connectivity index (χ4n) is 2.66. The van der Waals surface area contributed by atoms with Gasteiger partial charge in [0.05, 0.1) is 5.92 Å². The molecule has 0 radical (unpaired) electrons. The molecule has 2 aromatic carbocycles. The van der Waals surface area contributed by atoms with Crippen LogP contribution in [-0.2, 0) is 9.59 Å². The summed E-state index contributed by atoms with van der Waals surface area (Å²) in [5, 5.41) is 12.2. The highest BCUT2D eigenvalue weighted by molar-refractivity contribution is 5.95. The number of aromatic nitrogens is 1. The van der Waals surface area contributed by atoms with Crippen LogP contribution in [0.3, 0.4) is 0 Å². The summed E-state index contributed by atoms with van der Waals surface area (Å²) in [6, 6.07) is 12.3. The van der Waals surface area contributed by atoms with Gasteiger partial charge in [0.2, 0.25) is 5.91 Å². The predicted molar refractivity (Wildman–Crippen MR) is 93.5 cm³/mol. The molecule has 6 heteroatoms. The van der Waals surface area contributed by atoms with Gasteiger partial charge in [-0.2, -0.15) is 0 Å². The molecule has 3 rings (SSSR count). The molecule has 25 heavy (non-hydrogen) atoms. The van der Waals surface area contributed by atoms with E-state index in [1.54, 1.807) is 37.3 Å². The number of nitrogens with one attached hydrogen (secondary N) is 1. The largest absolute Gasteiger partial charge is 0.481 e. The predicted octanol–water partition coefficient (Wildman–Crippen LogP) is 3.64. The van der Waals surface area contributed by atoms with E-state index in [0.717, 1.165) is 5.56 Å². The van der Waals surface area contributed by atoms with Gasteiger partial charge in [-0.15, -0.1) is 0 Å². The van der Waals surface area contributed by atoms with E-state index in [9.17, 15) is 14.7 Å². The summed E-state index contributed by atoms with van der Waals surface area (Å²) < 4.78 is 5.43. The first-order valence-corrected chi connectivity index (χ1v) is 7.89. The van der Waals surface area contributed by atoms with Crippen molar-refractivity contribution < 1.29 is 19.1 Å². The highest BCUT2D eigenvalue weighted by atomic mass is 16.4. The van der Waals surface area contributed by atoms with Gasteiger partial charge in [0, 0.05) is 25.1 Å². The van der Waals surface area contributed by atoms with Crippen LogP contribution in [0.15, 0.2) is 46.9 Å². The minimum atomic E-state index is -1.03. The smallest absolute Gasteiger partial charge is 0.311 e. The Hall–Kier alpha value is -3.15. The SMILES string of the molecule is Cc1ccc(C(CC(=O)Nc2ccc3nc(C)oc3c2)C(=O)O)cc1. The quantitative estimate of drug-likeness (QED) is 0.741. The second kappa shape index (κ2) is 6.76. The highest BCUT2D eigenvalue weighted by Crippen LogP contribution is 2.23. The van der Waals surface area contributed by atoms with Crippen molar-refractivity contribution in [1.29, 1.82) is 0 Å². The van der Waals surface area contributed by atoms with Crippen molar-refractivity contribution in [3.63, 3.8) is 0 Å². The number of amides is 1. The van der Waals surface area contributed by atoms with Crippen molar-refractivity contribution in [1.82, 2.24) is 4.98 Å². The van der Waals surface area contributed by atoms with E-state index >= 15 is 0 Å². The number of hydrogen-bond acceptors (Lipinski definition) is 4. The highest BCUT2D eigenvalue weighted by Gasteiger charge is 2.23. The van der Waals surface area contributed by atoms with Gasteiger partial charge in [0.1, 0.15) is 5.52 Å². The lowest BCUT2D eigenvalue weighted by atomic mass is 9.94. The number of carbonyl (C=O) groups is 2. The maximum atomic E-state index is 12.3. The monoisotopic (exact) mass is 338 g/mol. The Balaban J connectivity index is 1.74. The molecule has 0 bridgehead atoms. The minimum absolute atomic E-state index is 0.147. The van der Waals surface area contributed by atoms with Gasteiger partial charge >= 0.3 is 5.97 Å². The average Bonchev–Trinajstić information content (AvgIpc) is 2.92. The minimum Gasteiger partial charge on any atom is -0.481 e. The van der Waals surface area contributed by atoms with E-state index < -0.39 is 11.9 Å². The topological polar surface area (TPSA) is 92.4 Å². The van der Waals surface area contributed by atoms with E-state index in [4.69, 9.17) is 4.42 Å². The van der Waals surface area contributed by atoms with Crippen LogP contribution >= 0.6 is 0 Å². The number of anilines is 1. The number of rotatable bonds is 5. The number of carboxylic acids is 1. The lowest BCUT2D eigenvalue weighted by molar-refractivity contribution is -0.140. The number of oxazole rings is 1. The zero-order valence-electron chi connectivity index (χ0n) is 13.9. The molecule has 1 heterocycles. The molecular formula is C19H18N2O4. The van der Waals surface area contributed by atoms with Gasteiger partial charge in [-0.05, 0) is 24.6 Å². The average molecular weight is 338 g/mol. The Morgan fingerprint density at radius 3 is 2.56 bits per heavy atom. The third-order valence-corrected chi connectivity index (χ3v) is 3.95. The van der Waals surface area contributed by atoms with Gasteiger partial charge in [-0.25, -0.2) is 4.98 Å². The Bertz CT molecular complexity index is 928. The first kappa shape index (κ1) is 16.7. The Kier molecular flexibility index (Phi) is 4.52. The van der Waals surface area contributed by atoms with Gasteiger partial charge in [0.25, 0.3) is 0 Å². The Morgan fingerprint density at radius 2 is 1.88 bits per heavy atom. The summed E-state index contributed by atoms with van der Waals surface area (Å²) in [5.41, 5.74) is 3.46. The summed E-state index contributed by atoms with van der Waals surface area (Å²) in [7, 11) is 0. The molecular weight excluding hydrogens is 320 g/mol. The molecule has 6 nitrogen and oxygen atoms in total. The molecule has 128 valence electrons. The molecule has 0 aliphatic heterocycles. The van der Waals surface area contributed by atoms with Crippen molar-refractivity contribution in [3.8, 4) is 0 Å². The molecule has 1 unspecified atom stereocenters. The van der Waals surface area contributed by atoms with E-state index in [1.807, 2.05) is 19.1 Å². The number of hydrogen-bond donors (Lipinski definition) is 2. The lowest BCUT2D eigenvalue weighted by Gasteiger charge is -2.13. The number of aryl methyl sites for hydroxylation is 2. The Labute approximate surface area is 144 Å². The first-order chi connectivity index (χ1) is 11.9. The van der Waals surface area contributed by atoms with Crippen molar-refractivity contribution in [2.24, 2.45) is 0 Å². The zero-order valence-corrected chi connectivity index (χ0v) is 13.9. The molecule has 1 amide bonds. The summed E-state index contributed by atoms with van der Waals surface area (Å²) >= 11 is 0. The van der Waals surface area contributed by atoms with E-state index in [1.165, 1.54) is 0 Å². The number of fused-ring (bicyclic) bond motifs is 1. The van der Waals surface area contributed by atoms with Crippen LogP contribution in [0.25, 0.3) is 11.1 Å². The molecule has 3 aromatic rings. The summed E-state index contributed by atoms with van der Waals surface area (Å²) in [5.74, 6) is -1.75. The fourth-order valence-corrected chi connectivity index (χ4v) is 2.66. The van der Waals surface area contributed by atoms with Crippen molar-refractivity contribution >= 4 is 28.7 Å². The normalized spacial score (nSPS) is 12.1. The maximum Gasteiger partial charge on any atom is 0.311 e. The van der Waals surface area contributed by atoms with Crippen LogP contribution < -0.4 is 5.32 Å². The molecule has 0 saturated heterocycles. The van der Waals surface area contributed by atoms with E-state index in [0.29, 0.717) is 28.2 Å². The summed E-state index contributed by atoms with van der Waals surface area (Å²) in [6.07, 6.45) is -0.147. The number of benzene rings is 2. The third kappa shape index (κ3) is 3.85. The first-order valence-electron chi connectivity index (χ1n) is 7.89. The molecule has 1 aromatic heterocycles. The van der Waals surface area contributed by atoms with Crippen LogP contribution in [0.5, 0.6) is 0 Å². The second-order valence-corrected chi connectivity index (χ2v) is 5.97. The van der Waals surface area contributed by atoms with Crippen molar-refractivity contribution in [2.75, 3.05) is 5.32 Å². The van der Waals surface area contributed by atoms with Crippen LogP contribution in [0.4, 0.5) is 5.69 Å². The number of carboxylic acid groups (broad SMARTS) is 1. The van der Waals surface area contributed by atoms with Gasteiger partial charge in [0.15, 0.2) is 11.5 Å². The van der Waals surface area contributed by atoms with Gasteiger partial charge in [-0.3, -0.25) is 9.59 Å². The fraction of sp³-hybridized carbons (Fsp3) is 0.211. The number of aliphatic carboxylic acids is 1. The molecule has 0 aliphatic carbocycles.